The second-order valence-corrected chi connectivity index (χ2v) is 7.49. The van der Waals surface area contributed by atoms with Crippen molar-refractivity contribution in [1.82, 2.24) is 4.57 Å². The first-order valence-electron chi connectivity index (χ1n) is 10.5. The Bertz CT molecular complexity index is 1360. The Hall–Kier alpha value is -4.26. The van der Waals surface area contributed by atoms with E-state index < -0.39 is 17.6 Å². The van der Waals surface area contributed by atoms with E-state index in [-0.39, 0.29) is 22.7 Å². The van der Waals surface area contributed by atoms with Gasteiger partial charge in [-0.25, -0.2) is 4.39 Å². The average molecular weight is 442 g/mol. The van der Waals surface area contributed by atoms with Gasteiger partial charge in [0.2, 0.25) is 0 Å². The van der Waals surface area contributed by atoms with Crippen molar-refractivity contribution in [1.29, 1.82) is 5.41 Å². The van der Waals surface area contributed by atoms with E-state index in [1.54, 1.807) is 41.9 Å². The molecule has 4 aromatic rings. The molecule has 2 amide bonds. The minimum Gasteiger partial charge on any atom is -0.339 e. The van der Waals surface area contributed by atoms with Crippen LogP contribution in [0.4, 0.5) is 15.8 Å². The van der Waals surface area contributed by atoms with Crippen LogP contribution < -0.4 is 10.2 Å². The minimum absolute atomic E-state index is 0.0241. The summed E-state index contributed by atoms with van der Waals surface area (Å²) in [7, 11) is 1.69. The summed E-state index contributed by atoms with van der Waals surface area (Å²) in [5.74, 6) is -1.70. The normalized spacial score (nSPS) is 10.8. The quantitative estimate of drug-likeness (QED) is 0.413. The molecule has 2 N–H and O–H groups in total. The zero-order chi connectivity index (χ0) is 23.5. The van der Waals surface area contributed by atoms with Crippen LogP contribution in [0.2, 0.25) is 0 Å². The molecule has 0 spiro atoms. The molecule has 0 fully saturated rings. The molecule has 0 aliphatic carbocycles. The molecule has 0 radical (unpaired) electrons. The van der Waals surface area contributed by atoms with Crippen LogP contribution in [0.1, 0.15) is 23.0 Å². The van der Waals surface area contributed by atoms with Crippen molar-refractivity contribution in [3.63, 3.8) is 0 Å². The third-order valence-corrected chi connectivity index (χ3v) is 5.54. The number of fused-ring (bicyclic) bond motifs is 1. The van der Waals surface area contributed by atoms with Gasteiger partial charge in [-0.2, -0.15) is 0 Å². The summed E-state index contributed by atoms with van der Waals surface area (Å²) in [6, 6.07) is 22.1. The lowest BCUT2D eigenvalue weighted by Gasteiger charge is -2.21. The first kappa shape index (κ1) is 22.0. The maximum absolute atomic E-state index is 14.2. The molecule has 0 aliphatic heterocycles. The van der Waals surface area contributed by atoms with Crippen LogP contribution in [0.3, 0.4) is 0 Å². The zero-order valence-electron chi connectivity index (χ0n) is 18.3. The van der Waals surface area contributed by atoms with Gasteiger partial charge >= 0.3 is 0 Å². The Morgan fingerprint density at radius 3 is 2.30 bits per heavy atom. The molecule has 6 nitrogen and oxygen atoms in total. The van der Waals surface area contributed by atoms with Gasteiger partial charge in [0, 0.05) is 35.7 Å². The summed E-state index contributed by atoms with van der Waals surface area (Å²) in [6.07, 6.45) is 0. The molecule has 1 aromatic heterocycles. The number of carbonyl (C=O) groups excluding carboxylic acids is 2. The third-order valence-electron chi connectivity index (χ3n) is 5.54. The van der Waals surface area contributed by atoms with Gasteiger partial charge in [-0.3, -0.25) is 15.0 Å². The highest BCUT2D eigenvalue weighted by Crippen LogP contribution is 2.28. The maximum atomic E-state index is 14.2. The molecule has 166 valence electrons. The average Bonchev–Trinajstić information content (AvgIpc) is 3.13. The molecule has 7 heteroatoms. The Balaban J connectivity index is 1.81. The van der Waals surface area contributed by atoms with Crippen molar-refractivity contribution in [3.05, 3.63) is 95.9 Å². The van der Waals surface area contributed by atoms with Crippen LogP contribution in [0, 0.1) is 11.2 Å². The molecule has 4 rings (SSSR count). The Morgan fingerprint density at radius 1 is 0.970 bits per heavy atom. The van der Waals surface area contributed by atoms with Gasteiger partial charge < -0.3 is 14.8 Å². The van der Waals surface area contributed by atoms with Gasteiger partial charge in [-0.15, -0.1) is 0 Å². The molecular weight excluding hydrogens is 419 g/mol. The second kappa shape index (κ2) is 9.08. The van der Waals surface area contributed by atoms with Gasteiger partial charge in [0.25, 0.3) is 11.8 Å². The van der Waals surface area contributed by atoms with Crippen LogP contribution in [-0.4, -0.2) is 28.6 Å². The summed E-state index contributed by atoms with van der Waals surface area (Å²) >= 11 is 0. The van der Waals surface area contributed by atoms with Crippen molar-refractivity contribution in [2.45, 2.75) is 6.92 Å². The predicted octanol–water partition coefficient (Wildman–Crippen LogP) is 4.99. The van der Waals surface area contributed by atoms with E-state index in [0.717, 1.165) is 0 Å². The van der Waals surface area contributed by atoms with Crippen molar-refractivity contribution < 1.29 is 14.0 Å². The first-order chi connectivity index (χ1) is 15.9. The maximum Gasteiger partial charge on any atom is 0.276 e. The number of benzene rings is 3. The number of hydrogen-bond acceptors (Lipinski definition) is 3. The predicted molar refractivity (Wildman–Crippen MR) is 129 cm³/mol. The zero-order valence-corrected chi connectivity index (χ0v) is 18.3. The van der Waals surface area contributed by atoms with Crippen molar-refractivity contribution in [2.75, 3.05) is 16.8 Å². The molecule has 33 heavy (non-hydrogen) atoms. The van der Waals surface area contributed by atoms with E-state index in [1.165, 1.54) is 23.1 Å². The lowest BCUT2D eigenvalue weighted by Crippen LogP contribution is -2.37. The number of rotatable bonds is 6. The lowest BCUT2D eigenvalue weighted by atomic mass is 10.0. The summed E-state index contributed by atoms with van der Waals surface area (Å²) in [6.45, 7) is 2.18. The summed E-state index contributed by atoms with van der Waals surface area (Å²) in [5, 5.41) is 12.0. The lowest BCUT2D eigenvalue weighted by molar-refractivity contribution is -0.112. The number of likely N-dealkylation sites (N-methyl/N-ethyl adjacent to an activating group) is 1. The van der Waals surface area contributed by atoms with Gasteiger partial charge in [0.05, 0.1) is 5.69 Å². The molecule has 0 unspecified atom stereocenters. The largest absolute Gasteiger partial charge is 0.339 e. The number of amides is 2. The van der Waals surface area contributed by atoms with E-state index in [1.807, 2.05) is 37.3 Å². The fourth-order valence-electron chi connectivity index (χ4n) is 3.95. The van der Waals surface area contributed by atoms with E-state index in [0.29, 0.717) is 23.1 Å². The molecular formula is C26H23FN4O2. The van der Waals surface area contributed by atoms with Crippen LogP contribution in [0.5, 0.6) is 0 Å². The SMILES string of the molecule is CCN(C(=O)C(=N)c1c(C(=O)Nc2ccccc2F)n(C)c2ccccc12)c1ccccc1. The number of aromatic nitrogens is 1. The highest BCUT2D eigenvalue weighted by Gasteiger charge is 2.30. The van der Waals surface area contributed by atoms with Gasteiger partial charge in [-0.1, -0.05) is 48.5 Å². The van der Waals surface area contributed by atoms with Crippen molar-refractivity contribution in [2.24, 2.45) is 7.05 Å². The van der Waals surface area contributed by atoms with E-state index in [2.05, 4.69) is 5.32 Å². The second-order valence-electron chi connectivity index (χ2n) is 7.49. The van der Waals surface area contributed by atoms with Crippen LogP contribution in [0.15, 0.2) is 78.9 Å². The standard InChI is InChI=1S/C26H23FN4O2/c1-3-31(17-11-5-4-6-12-17)26(33)23(28)22-18-13-7-10-16-21(18)30(2)24(22)25(32)29-20-15-9-8-14-19(20)27/h4-16,28H,3H2,1-2H3,(H,29,32). The fraction of sp³-hybridized carbons (Fsp3) is 0.115. The van der Waals surface area contributed by atoms with Gasteiger partial charge in [0.1, 0.15) is 17.2 Å². The topological polar surface area (TPSA) is 78.2 Å². The fourth-order valence-corrected chi connectivity index (χ4v) is 3.95. The van der Waals surface area contributed by atoms with Crippen LogP contribution in [-0.2, 0) is 11.8 Å². The highest BCUT2D eigenvalue weighted by molar-refractivity contribution is 6.51. The highest BCUT2D eigenvalue weighted by atomic mass is 19.1. The molecule has 0 saturated heterocycles. The summed E-state index contributed by atoms with van der Waals surface area (Å²) in [4.78, 5) is 28.2. The summed E-state index contributed by atoms with van der Waals surface area (Å²) < 4.78 is 15.8. The van der Waals surface area contributed by atoms with Gasteiger partial charge in [-0.05, 0) is 37.3 Å². The van der Waals surface area contributed by atoms with Crippen LogP contribution >= 0.6 is 0 Å². The Labute approximate surface area is 190 Å². The first-order valence-corrected chi connectivity index (χ1v) is 10.5. The van der Waals surface area contributed by atoms with Crippen molar-refractivity contribution >= 4 is 39.8 Å². The number of nitrogens with one attached hydrogen (secondary N) is 2. The van der Waals surface area contributed by atoms with Gasteiger partial charge in [0.15, 0.2) is 0 Å². The smallest absolute Gasteiger partial charge is 0.276 e. The number of nitrogens with zero attached hydrogens (tertiary/aromatic N) is 2. The molecule has 0 atom stereocenters. The Kier molecular flexibility index (Phi) is 6.04. The van der Waals surface area contributed by atoms with Crippen molar-refractivity contribution in [3.8, 4) is 0 Å². The number of halogens is 1. The third kappa shape index (κ3) is 4.01. The number of carbonyl (C=O) groups is 2. The monoisotopic (exact) mass is 442 g/mol. The number of anilines is 2. The minimum atomic E-state index is -0.603. The van der Waals surface area contributed by atoms with Crippen LogP contribution in [0.25, 0.3) is 10.9 Å². The molecule has 0 bridgehead atoms. The molecule has 0 saturated carbocycles. The summed E-state index contributed by atoms with van der Waals surface area (Å²) in [5.41, 5.74) is 1.38. The molecule has 1 heterocycles. The number of para-hydroxylation sites is 3. The van der Waals surface area contributed by atoms with E-state index in [9.17, 15) is 14.0 Å². The molecule has 3 aromatic carbocycles. The Morgan fingerprint density at radius 2 is 1.61 bits per heavy atom. The number of hydrogen-bond donors (Lipinski definition) is 2. The van der Waals surface area contributed by atoms with E-state index in [4.69, 9.17) is 5.41 Å². The molecule has 0 aliphatic rings. The number of aryl methyl sites for hydroxylation is 1. The van der Waals surface area contributed by atoms with E-state index >= 15 is 0 Å².